The van der Waals surface area contributed by atoms with E-state index in [4.69, 9.17) is 21.1 Å². The van der Waals surface area contributed by atoms with Crippen LogP contribution >= 0.6 is 11.6 Å². The number of para-hydroxylation sites is 1. The van der Waals surface area contributed by atoms with Gasteiger partial charge in [0.05, 0.1) is 11.6 Å². The van der Waals surface area contributed by atoms with Crippen LogP contribution in [0, 0.1) is 0 Å². The topological polar surface area (TPSA) is 47.6 Å². The van der Waals surface area contributed by atoms with Crippen molar-refractivity contribution in [3.05, 3.63) is 59.1 Å². The van der Waals surface area contributed by atoms with Crippen LogP contribution in [0.15, 0.2) is 48.5 Å². The van der Waals surface area contributed by atoms with Gasteiger partial charge in [-0.25, -0.2) is 0 Å². The number of hydrogen-bond acceptors (Lipinski definition) is 3. The molecule has 0 aromatic heterocycles. The number of rotatable bonds is 8. The van der Waals surface area contributed by atoms with E-state index in [-0.39, 0.29) is 5.91 Å². The first-order valence-corrected chi connectivity index (χ1v) is 8.42. The normalized spacial score (nSPS) is 11.6. The molecule has 0 aliphatic heterocycles. The number of nitrogens with one attached hydrogen (secondary N) is 1. The molecule has 1 N–H and O–H groups in total. The van der Waals surface area contributed by atoms with Crippen LogP contribution in [0.4, 0.5) is 0 Å². The highest BCUT2D eigenvalue weighted by Gasteiger charge is 2.19. The molecule has 0 spiro atoms. The van der Waals surface area contributed by atoms with Crippen LogP contribution in [-0.4, -0.2) is 18.6 Å². The lowest BCUT2D eigenvalue weighted by Gasteiger charge is -2.18. The second-order valence-electron chi connectivity index (χ2n) is 5.24. The van der Waals surface area contributed by atoms with Crippen molar-refractivity contribution in [3.63, 3.8) is 0 Å². The molecule has 128 valence electrons. The molecule has 2 aromatic carbocycles. The molecular weight excluding hydrogens is 326 g/mol. The van der Waals surface area contributed by atoms with Crippen LogP contribution in [0.3, 0.4) is 0 Å². The molecule has 2 aromatic rings. The molecule has 0 aliphatic rings. The van der Waals surface area contributed by atoms with Crippen molar-refractivity contribution in [2.75, 3.05) is 6.61 Å². The number of hydrogen-bond donors (Lipinski definition) is 1. The van der Waals surface area contributed by atoms with Crippen molar-refractivity contribution >= 4 is 17.5 Å². The van der Waals surface area contributed by atoms with E-state index in [0.717, 1.165) is 11.3 Å². The van der Waals surface area contributed by atoms with Gasteiger partial charge < -0.3 is 14.8 Å². The molecule has 0 aliphatic carbocycles. The SMILES string of the molecule is CCOc1cccc(CNC(=O)[C@H](CC)Oc2ccccc2Cl)c1. The molecule has 4 nitrogen and oxygen atoms in total. The summed E-state index contributed by atoms with van der Waals surface area (Å²) in [5.74, 6) is 1.14. The molecular formula is C19H22ClNO3. The van der Waals surface area contributed by atoms with Gasteiger partial charge in [-0.15, -0.1) is 0 Å². The quantitative estimate of drug-likeness (QED) is 0.778. The molecule has 24 heavy (non-hydrogen) atoms. The average molecular weight is 348 g/mol. The lowest BCUT2D eigenvalue weighted by Crippen LogP contribution is -2.37. The van der Waals surface area contributed by atoms with E-state index < -0.39 is 6.10 Å². The Balaban J connectivity index is 1.94. The summed E-state index contributed by atoms with van der Waals surface area (Å²) in [6.45, 7) is 4.87. The third kappa shape index (κ3) is 5.17. The average Bonchev–Trinajstić information content (AvgIpc) is 2.59. The zero-order chi connectivity index (χ0) is 17.4. The van der Waals surface area contributed by atoms with Gasteiger partial charge in [-0.1, -0.05) is 42.8 Å². The van der Waals surface area contributed by atoms with Crippen molar-refractivity contribution in [3.8, 4) is 11.5 Å². The lowest BCUT2D eigenvalue weighted by atomic mass is 10.2. The predicted octanol–water partition coefficient (Wildman–Crippen LogP) is 4.21. The van der Waals surface area contributed by atoms with E-state index in [2.05, 4.69) is 5.32 Å². The van der Waals surface area contributed by atoms with Gasteiger partial charge in [0.25, 0.3) is 5.91 Å². The summed E-state index contributed by atoms with van der Waals surface area (Å²) in [4.78, 5) is 12.4. The Bertz CT molecular complexity index is 675. The summed E-state index contributed by atoms with van der Waals surface area (Å²) in [6, 6.07) is 14.8. The summed E-state index contributed by atoms with van der Waals surface area (Å²) in [5, 5.41) is 3.39. The highest BCUT2D eigenvalue weighted by molar-refractivity contribution is 6.32. The maximum absolute atomic E-state index is 12.4. The van der Waals surface area contributed by atoms with E-state index in [1.165, 1.54) is 0 Å². The molecule has 2 rings (SSSR count). The summed E-state index contributed by atoms with van der Waals surface area (Å²) < 4.78 is 11.2. The molecule has 1 amide bonds. The largest absolute Gasteiger partial charge is 0.494 e. The Kier molecular flexibility index (Phi) is 6.94. The smallest absolute Gasteiger partial charge is 0.261 e. The molecule has 0 radical (unpaired) electrons. The summed E-state index contributed by atoms with van der Waals surface area (Å²) in [6.07, 6.45) is -0.0317. The number of carbonyl (C=O) groups is 1. The molecule has 0 heterocycles. The Labute approximate surface area is 147 Å². The Hall–Kier alpha value is -2.20. The first kappa shape index (κ1) is 18.1. The molecule has 5 heteroatoms. The van der Waals surface area contributed by atoms with Crippen molar-refractivity contribution < 1.29 is 14.3 Å². The Morgan fingerprint density at radius 2 is 1.96 bits per heavy atom. The van der Waals surface area contributed by atoms with Crippen LogP contribution in [0.5, 0.6) is 11.5 Å². The number of ether oxygens (including phenoxy) is 2. The van der Waals surface area contributed by atoms with Crippen LogP contribution in [0.25, 0.3) is 0 Å². The van der Waals surface area contributed by atoms with E-state index >= 15 is 0 Å². The maximum Gasteiger partial charge on any atom is 0.261 e. The minimum atomic E-state index is -0.583. The third-order valence-corrected chi connectivity index (χ3v) is 3.76. The van der Waals surface area contributed by atoms with Gasteiger partial charge in [0, 0.05) is 6.54 Å². The van der Waals surface area contributed by atoms with Crippen molar-refractivity contribution in [2.24, 2.45) is 0 Å². The predicted molar refractivity (Wildman–Crippen MR) is 95.6 cm³/mol. The van der Waals surface area contributed by atoms with Gasteiger partial charge in [0.15, 0.2) is 6.10 Å². The van der Waals surface area contributed by atoms with Crippen molar-refractivity contribution in [1.82, 2.24) is 5.32 Å². The third-order valence-electron chi connectivity index (χ3n) is 3.45. The molecule has 0 fully saturated rings. The van der Waals surface area contributed by atoms with Gasteiger partial charge in [-0.3, -0.25) is 4.79 Å². The monoisotopic (exact) mass is 347 g/mol. The number of amides is 1. The van der Waals surface area contributed by atoms with Gasteiger partial charge in [0.2, 0.25) is 0 Å². The van der Waals surface area contributed by atoms with E-state index in [1.807, 2.05) is 50.2 Å². The fourth-order valence-corrected chi connectivity index (χ4v) is 2.41. The molecule has 0 unspecified atom stereocenters. The maximum atomic E-state index is 12.4. The van der Waals surface area contributed by atoms with Gasteiger partial charge in [0.1, 0.15) is 11.5 Å². The van der Waals surface area contributed by atoms with Gasteiger partial charge in [-0.05, 0) is 43.2 Å². The van der Waals surface area contributed by atoms with Crippen molar-refractivity contribution in [1.29, 1.82) is 0 Å². The first-order chi connectivity index (χ1) is 11.6. The van der Waals surface area contributed by atoms with Crippen LogP contribution in [0.2, 0.25) is 5.02 Å². The second-order valence-corrected chi connectivity index (χ2v) is 5.65. The van der Waals surface area contributed by atoms with E-state index in [0.29, 0.717) is 30.3 Å². The van der Waals surface area contributed by atoms with Crippen molar-refractivity contribution in [2.45, 2.75) is 32.9 Å². The highest BCUT2D eigenvalue weighted by Crippen LogP contribution is 2.24. The minimum Gasteiger partial charge on any atom is -0.494 e. The molecule has 0 bridgehead atoms. The second kappa shape index (κ2) is 9.18. The Morgan fingerprint density at radius 3 is 2.67 bits per heavy atom. The van der Waals surface area contributed by atoms with Gasteiger partial charge in [-0.2, -0.15) is 0 Å². The van der Waals surface area contributed by atoms with Gasteiger partial charge >= 0.3 is 0 Å². The molecule has 0 saturated carbocycles. The highest BCUT2D eigenvalue weighted by atomic mass is 35.5. The van der Waals surface area contributed by atoms with Crippen LogP contribution in [-0.2, 0) is 11.3 Å². The molecule has 0 saturated heterocycles. The Morgan fingerprint density at radius 1 is 1.17 bits per heavy atom. The first-order valence-electron chi connectivity index (χ1n) is 8.04. The minimum absolute atomic E-state index is 0.167. The van der Waals surface area contributed by atoms with E-state index in [9.17, 15) is 4.79 Å². The summed E-state index contributed by atoms with van der Waals surface area (Å²) in [5.41, 5.74) is 0.974. The zero-order valence-corrected chi connectivity index (χ0v) is 14.7. The summed E-state index contributed by atoms with van der Waals surface area (Å²) >= 11 is 6.08. The fraction of sp³-hybridized carbons (Fsp3) is 0.316. The van der Waals surface area contributed by atoms with Crippen LogP contribution < -0.4 is 14.8 Å². The number of benzene rings is 2. The van der Waals surface area contributed by atoms with Crippen LogP contribution in [0.1, 0.15) is 25.8 Å². The zero-order valence-electron chi connectivity index (χ0n) is 13.9. The molecule has 1 atom stereocenters. The van der Waals surface area contributed by atoms with E-state index in [1.54, 1.807) is 12.1 Å². The summed E-state index contributed by atoms with van der Waals surface area (Å²) in [7, 11) is 0. The standard InChI is InChI=1S/C19H22ClNO3/c1-3-17(24-18-11-6-5-10-16(18)20)19(22)21-13-14-8-7-9-15(12-14)23-4-2/h5-12,17H,3-4,13H2,1-2H3,(H,21,22)/t17-/m0/s1. The number of halogens is 1. The number of carbonyl (C=O) groups excluding carboxylic acids is 1. The fourth-order valence-electron chi connectivity index (χ4n) is 2.23. The lowest BCUT2D eigenvalue weighted by molar-refractivity contribution is -0.128.